The average Bonchev–Trinajstić information content (AvgIpc) is 2.48. The van der Waals surface area contributed by atoms with Crippen molar-refractivity contribution in [1.82, 2.24) is 5.32 Å². The first-order valence-corrected chi connectivity index (χ1v) is 6.50. The van der Waals surface area contributed by atoms with Crippen LogP contribution in [0.25, 0.3) is 0 Å². The fourth-order valence-electron chi connectivity index (χ4n) is 1.80. The van der Waals surface area contributed by atoms with Crippen LogP contribution in [0.15, 0.2) is 60.0 Å². The summed E-state index contributed by atoms with van der Waals surface area (Å²) >= 11 is 0. The minimum atomic E-state index is -0.593. The molecule has 0 radical (unpaired) electrons. The molecule has 3 amide bonds. The Morgan fingerprint density at radius 3 is 2.61 bits per heavy atom. The van der Waals surface area contributed by atoms with Crippen LogP contribution in [0, 0.1) is 0 Å². The molecule has 0 saturated carbocycles. The minimum absolute atomic E-state index is 0. The van der Waals surface area contributed by atoms with Crippen LogP contribution in [0.1, 0.15) is 5.56 Å². The van der Waals surface area contributed by atoms with E-state index in [9.17, 15) is 9.59 Å². The van der Waals surface area contributed by atoms with Crippen molar-refractivity contribution in [3.05, 3.63) is 60.4 Å². The van der Waals surface area contributed by atoms with E-state index in [1.807, 2.05) is 6.07 Å². The van der Waals surface area contributed by atoms with Gasteiger partial charge in [0.25, 0.3) is 5.91 Å². The normalized spacial score (nSPS) is 9.91. The number of benzene rings is 1. The third-order valence-corrected chi connectivity index (χ3v) is 2.70. The molecule has 0 unspecified atom stereocenters. The molecule has 0 atom stereocenters. The Labute approximate surface area is 139 Å². The fraction of sp³-hybridized carbons (Fsp3) is 0.0667. The number of imide groups is 1. The number of hydrogen-bond acceptors (Lipinski definition) is 4. The van der Waals surface area contributed by atoms with E-state index in [2.05, 4.69) is 15.8 Å². The summed E-state index contributed by atoms with van der Waals surface area (Å²) in [6.07, 6.45) is 4.54. The molecule has 0 bridgehead atoms. The van der Waals surface area contributed by atoms with Crippen LogP contribution in [-0.2, 0) is 11.3 Å². The number of pyridine rings is 1. The van der Waals surface area contributed by atoms with Gasteiger partial charge in [0.05, 0.1) is 11.8 Å². The average molecular weight is 335 g/mol. The molecule has 2 rings (SSSR count). The van der Waals surface area contributed by atoms with Gasteiger partial charge in [0.2, 0.25) is 6.54 Å². The van der Waals surface area contributed by atoms with Crippen LogP contribution in [0.3, 0.4) is 0 Å². The van der Waals surface area contributed by atoms with Gasteiger partial charge in [0.15, 0.2) is 12.4 Å². The number of aromatic nitrogens is 1. The van der Waals surface area contributed by atoms with Gasteiger partial charge in [-0.25, -0.2) is 4.79 Å². The van der Waals surface area contributed by atoms with Crippen molar-refractivity contribution in [2.75, 3.05) is 5.32 Å². The number of carbonyl (C=O) groups excluding carboxylic acids is 2. The molecule has 0 fully saturated rings. The summed E-state index contributed by atoms with van der Waals surface area (Å²) in [7, 11) is 0. The summed E-state index contributed by atoms with van der Waals surface area (Å²) in [4.78, 5) is 23.5. The van der Waals surface area contributed by atoms with Crippen molar-refractivity contribution in [3.8, 4) is 0 Å². The molecule has 1 aromatic heterocycles. The Morgan fingerprint density at radius 1 is 1.17 bits per heavy atom. The van der Waals surface area contributed by atoms with Gasteiger partial charge in [-0.2, -0.15) is 4.57 Å². The van der Waals surface area contributed by atoms with E-state index in [-0.39, 0.29) is 19.0 Å². The van der Waals surface area contributed by atoms with Crippen molar-refractivity contribution in [2.45, 2.75) is 6.54 Å². The molecule has 0 saturated heterocycles. The number of para-hydroxylation sites is 1. The smallest absolute Gasteiger partial charge is 0.326 e. The second-order valence-electron chi connectivity index (χ2n) is 4.42. The number of halogens is 1. The van der Waals surface area contributed by atoms with E-state index in [4.69, 9.17) is 5.21 Å². The number of nitrogens with one attached hydrogen (secondary N) is 2. The van der Waals surface area contributed by atoms with E-state index in [1.54, 1.807) is 53.4 Å². The number of urea groups is 1. The monoisotopic (exact) mass is 334 g/mol. The molecule has 3 N–H and O–H groups in total. The van der Waals surface area contributed by atoms with Crippen molar-refractivity contribution >= 4 is 23.8 Å². The lowest BCUT2D eigenvalue weighted by Crippen LogP contribution is -3.00. The molecule has 1 heterocycles. The lowest BCUT2D eigenvalue weighted by molar-refractivity contribution is -0.684. The zero-order valence-corrected chi connectivity index (χ0v) is 12.8. The summed E-state index contributed by atoms with van der Waals surface area (Å²) in [6.45, 7) is -0.0324. The minimum Gasteiger partial charge on any atom is -1.00 e. The Hall–Kier alpha value is -2.93. The summed E-state index contributed by atoms with van der Waals surface area (Å²) in [5.74, 6) is -0.462. The van der Waals surface area contributed by atoms with Gasteiger partial charge in [-0.3, -0.25) is 10.1 Å². The van der Waals surface area contributed by atoms with Crippen molar-refractivity contribution in [3.63, 3.8) is 0 Å². The molecular weight excluding hydrogens is 320 g/mol. The fourth-order valence-corrected chi connectivity index (χ4v) is 1.80. The van der Waals surface area contributed by atoms with Crippen molar-refractivity contribution < 1.29 is 31.8 Å². The van der Waals surface area contributed by atoms with Crippen LogP contribution in [0.2, 0.25) is 0 Å². The van der Waals surface area contributed by atoms with Gasteiger partial charge < -0.3 is 22.9 Å². The largest absolute Gasteiger partial charge is 1.00 e. The predicted octanol–water partition coefficient (Wildman–Crippen LogP) is -1.87. The predicted molar refractivity (Wildman–Crippen MR) is 79.6 cm³/mol. The van der Waals surface area contributed by atoms with E-state index < -0.39 is 11.9 Å². The molecule has 8 heteroatoms. The second kappa shape index (κ2) is 9.16. The third kappa shape index (κ3) is 6.15. The topological polar surface area (TPSA) is 94.7 Å². The van der Waals surface area contributed by atoms with Crippen LogP contribution in [-0.4, -0.2) is 23.4 Å². The second-order valence-corrected chi connectivity index (χ2v) is 4.42. The molecule has 23 heavy (non-hydrogen) atoms. The molecule has 120 valence electrons. The number of oxime groups is 1. The molecular formula is C15H15ClN4O3. The summed E-state index contributed by atoms with van der Waals surface area (Å²) in [5, 5.41) is 16.2. The van der Waals surface area contributed by atoms with E-state index in [0.717, 1.165) is 0 Å². The number of hydrogen-bond donors (Lipinski definition) is 3. The Bertz CT molecular complexity index is 692. The Balaban J connectivity index is 0.00000264. The molecule has 0 spiro atoms. The lowest BCUT2D eigenvalue weighted by Gasteiger charge is -2.05. The number of anilines is 1. The number of nitrogens with zero attached hydrogens (tertiary/aromatic N) is 2. The third-order valence-electron chi connectivity index (χ3n) is 2.70. The summed E-state index contributed by atoms with van der Waals surface area (Å²) in [6, 6.07) is 11.7. The number of carbonyl (C=O) groups is 2. The van der Waals surface area contributed by atoms with Crippen LogP contribution in [0.5, 0.6) is 0 Å². The molecule has 1 aromatic carbocycles. The SMILES string of the molecule is O=C(C[n+]1cccc(C=NO)c1)NC(=O)Nc1ccccc1.[Cl-]. The quantitative estimate of drug-likeness (QED) is 0.265. The molecule has 2 aromatic rings. The standard InChI is InChI=1S/C15H14N4O3.ClH/c20-14(11-19-8-4-5-12(10-19)9-16-22)18-15(21)17-13-6-2-1-3-7-13;/h1-10H,11H2,(H2-,17,18,20,21,22);1H. The van der Waals surface area contributed by atoms with Gasteiger partial charge in [-0.05, 0) is 18.2 Å². The zero-order valence-electron chi connectivity index (χ0n) is 12.0. The Morgan fingerprint density at radius 2 is 1.91 bits per heavy atom. The van der Waals surface area contributed by atoms with Crippen LogP contribution >= 0.6 is 0 Å². The maximum absolute atomic E-state index is 11.8. The van der Waals surface area contributed by atoms with Gasteiger partial charge in [-0.15, -0.1) is 0 Å². The molecule has 7 nitrogen and oxygen atoms in total. The van der Waals surface area contributed by atoms with E-state index in [1.165, 1.54) is 6.21 Å². The highest BCUT2D eigenvalue weighted by atomic mass is 35.5. The highest BCUT2D eigenvalue weighted by Crippen LogP contribution is 2.03. The summed E-state index contributed by atoms with van der Waals surface area (Å²) < 4.78 is 1.57. The van der Waals surface area contributed by atoms with Crippen LogP contribution in [0.4, 0.5) is 10.5 Å². The first-order chi connectivity index (χ1) is 10.7. The highest BCUT2D eigenvalue weighted by Gasteiger charge is 2.13. The van der Waals surface area contributed by atoms with Crippen LogP contribution < -0.4 is 27.6 Å². The maximum Gasteiger partial charge on any atom is 0.326 e. The van der Waals surface area contributed by atoms with E-state index >= 15 is 0 Å². The van der Waals surface area contributed by atoms with Gasteiger partial charge in [-0.1, -0.05) is 23.4 Å². The molecule has 0 aliphatic carbocycles. The van der Waals surface area contributed by atoms with E-state index in [0.29, 0.717) is 11.3 Å². The van der Waals surface area contributed by atoms with Crippen molar-refractivity contribution in [1.29, 1.82) is 0 Å². The Kier molecular flexibility index (Phi) is 7.22. The van der Waals surface area contributed by atoms with Gasteiger partial charge in [0.1, 0.15) is 0 Å². The zero-order chi connectivity index (χ0) is 15.8. The molecule has 0 aliphatic rings. The van der Waals surface area contributed by atoms with Gasteiger partial charge in [0, 0.05) is 11.8 Å². The number of rotatable bonds is 4. The highest BCUT2D eigenvalue weighted by molar-refractivity contribution is 6.00. The number of amides is 3. The first kappa shape index (κ1) is 18.1. The summed E-state index contributed by atoms with van der Waals surface area (Å²) in [5.41, 5.74) is 1.23. The lowest BCUT2D eigenvalue weighted by atomic mass is 10.3. The van der Waals surface area contributed by atoms with Crippen molar-refractivity contribution in [2.24, 2.45) is 5.16 Å². The maximum atomic E-state index is 11.8. The molecule has 0 aliphatic heterocycles. The van der Waals surface area contributed by atoms with Gasteiger partial charge >= 0.3 is 6.03 Å². The first-order valence-electron chi connectivity index (χ1n) is 6.50.